The van der Waals surface area contributed by atoms with Gasteiger partial charge >= 0.3 is 0 Å². The number of ketones is 1. The molecule has 1 amide bonds. The van der Waals surface area contributed by atoms with Crippen molar-refractivity contribution in [2.75, 3.05) is 0 Å². The van der Waals surface area contributed by atoms with Crippen LogP contribution in [0, 0.1) is 23.2 Å². The zero-order chi connectivity index (χ0) is 20.9. The maximum Gasteiger partial charge on any atom is 0.219 e. The van der Waals surface area contributed by atoms with E-state index in [-0.39, 0.29) is 23.0 Å². The van der Waals surface area contributed by atoms with Crippen LogP contribution < -0.4 is 5.73 Å². The number of nitrogens with two attached hydrogens (primary N) is 1. The third-order valence-corrected chi connectivity index (χ3v) is 8.33. The van der Waals surface area contributed by atoms with Crippen LogP contribution in [-0.2, 0) is 16.1 Å². The summed E-state index contributed by atoms with van der Waals surface area (Å²) in [5.41, 5.74) is 5.23. The molecule has 2 aromatic rings. The lowest BCUT2D eigenvalue weighted by Gasteiger charge is -2.56. The largest absolute Gasteiger partial charge is 0.461 e. The normalized spacial score (nSPS) is 30.5. The summed E-state index contributed by atoms with van der Waals surface area (Å²) in [7, 11) is 0. The molecule has 160 valence electrons. The quantitative estimate of drug-likeness (QED) is 0.643. The molecule has 4 aliphatic carbocycles. The molecule has 2 aromatic heterocycles. The summed E-state index contributed by atoms with van der Waals surface area (Å²) in [4.78, 5) is 25.0. The Morgan fingerprint density at radius 1 is 1.23 bits per heavy atom. The second-order valence-electron chi connectivity index (χ2n) is 9.47. The molecule has 7 nitrogen and oxygen atoms in total. The van der Waals surface area contributed by atoms with Crippen molar-refractivity contribution in [3.63, 3.8) is 0 Å². The Morgan fingerprint density at radius 3 is 2.47 bits per heavy atom. The summed E-state index contributed by atoms with van der Waals surface area (Å²) < 4.78 is 7.33. The molecular formula is C22H28N4O3S. The molecule has 4 bridgehead atoms. The Hall–Kier alpha value is -2.09. The average molecular weight is 429 g/mol. The lowest BCUT2D eigenvalue weighted by atomic mass is 9.48. The van der Waals surface area contributed by atoms with Gasteiger partial charge in [-0.1, -0.05) is 11.8 Å². The lowest BCUT2D eigenvalue weighted by Crippen LogP contribution is -2.51. The Kier molecular flexibility index (Phi) is 5.00. The standard InChI is InChI=1S/C22H28N4O3S/c1-13(19(28)22-10-14-7-15(11-22)9-16(8-14)12-22)30-21-25-24-20(17-3-2-6-29-17)26(21)5-4-18(23)27/h2-3,6,13-16H,4-5,7-12H2,1H3,(H2,23,27)/t13-,14?,15?,16?,22?/m1/s1. The SMILES string of the molecule is C[C@@H](Sc1nnc(-c2ccco2)n1CCC(N)=O)C(=O)C12CC3CC(CC(C3)C1)C2. The van der Waals surface area contributed by atoms with Gasteiger partial charge in [-0.05, 0) is 75.3 Å². The van der Waals surface area contributed by atoms with E-state index in [1.54, 1.807) is 12.3 Å². The van der Waals surface area contributed by atoms with Crippen molar-refractivity contribution in [3.8, 4) is 11.6 Å². The highest BCUT2D eigenvalue weighted by Crippen LogP contribution is 2.61. The summed E-state index contributed by atoms with van der Waals surface area (Å²) in [6.07, 6.45) is 8.91. The van der Waals surface area contributed by atoms with E-state index in [0.29, 0.717) is 29.1 Å². The van der Waals surface area contributed by atoms with Crippen molar-refractivity contribution in [3.05, 3.63) is 18.4 Å². The van der Waals surface area contributed by atoms with E-state index in [1.807, 2.05) is 17.6 Å². The molecular weight excluding hydrogens is 400 g/mol. The summed E-state index contributed by atoms with van der Waals surface area (Å²) in [6, 6.07) is 3.59. The van der Waals surface area contributed by atoms with Gasteiger partial charge in [0.2, 0.25) is 5.91 Å². The van der Waals surface area contributed by atoms with Crippen molar-refractivity contribution in [1.29, 1.82) is 0 Å². The first kappa shape index (κ1) is 19.8. The van der Waals surface area contributed by atoms with Crippen molar-refractivity contribution in [1.82, 2.24) is 14.8 Å². The van der Waals surface area contributed by atoms with Crippen LogP contribution in [0.25, 0.3) is 11.6 Å². The van der Waals surface area contributed by atoms with Gasteiger partial charge in [0.1, 0.15) is 0 Å². The number of Topliss-reactive ketones (excluding diaryl/α,β-unsaturated/α-hetero) is 1. The first-order chi connectivity index (χ1) is 14.4. The molecule has 0 radical (unpaired) electrons. The van der Waals surface area contributed by atoms with Gasteiger partial charge in [-0.25, -0.2) is 0 Å². The van der Waals surface area contributed by atoms with E-state index < -0.39 is 0 Å². The third kappa shape index (κ3) is 3.49. The van der Waals surface area contributed by atoms with Gasteiger partial charge in [0.05, 0.1) is 11.5 Å². The minimum atomic E-state index is -0.386. The summed E-state index contributed by atoms with van der Waals surface area (Å²) in [5.74, 6) is 3.34. The lowest BCUT2D eigenvalue weighted by molar-refractivity contribution is -0.143. The number of carbonyl (C=O) groups excluding carboxylic acids is 2. The van der Waals surface area contributed by atoms with Crippen LogP contribution in [0.2, 0.25) is 0 Å². The first-order valence-corrected chi connectivity index (χ1v) is 11.8. The van der Waals surface area contributed by atoms with Gasteiger partial charge < -0.3 is 10.2 Å². The number of carbonyl (C=O) groups is 2. The molecule has 0 aliphatic heterocycles. The highest BCUT2D eigenvalue weighted by Gasteiger charge is 2.55. The van der Waals surface area contributed by atoms with Crippen LogP contribution in [0.15, 0.2) is 28.0 Å². The van der Waals surface area contributed by atoms with E-state index in [0.717, 1.165) is 37.0 Å². The van der Waals surface area contributed by atoms with Crippen LogP contribution >= 0.6 is 11.8 Å². The maximum absolute atomic E-state index is 13.6. The number of hydrogen-bond donors (Lipinski definition) is 1. The highest BCUT2D eigenvalue weighted by atomic mass is 32.2. The van der Waals surface area contributed by atoms with Crippen molar-refractivity contribution in [2.24, 2.45) is 28.9 Å². The molecule has 4 aliphatic rings. The fourth-order valence-electron chi connectivity index (χ4n) is 6.44. The van der Waals surface area contributed by atoms with Gasteiger partial charge in [-0.3, -0.25) is 14.2 Å². The topological polar surface area (TPSA) is 104 Å². The van der Waals surface area contributed by atoms with Crippen molar-refractivity contribution >= 4 is 23.5 Å². The highest BCUT2D eigenvalue weighted by molar-refractivity contribution is 8.00. The maximum atomic E-state index is 13.6. The second kappa shape index (κ2) is 7.55. The molecule has 30 heavy (non-hydrogen) atoms. The summed E-state index contributed by atoms with van der Waals surface area (Å²) in [5, 5.41) is 9.03. The van der Waals surface area contributed by atoms with Gasteiger partial charge in [0.15, 0.2) is 22.5 Å². The second-order valence-corrected chi connectivity index (χ2v) is 10.8. The van der Waals surface area contributed by atoms with Crippen LogP contribution in [0.3, 0.4) is 0 Å². The monoisotopic (exact) mass is 428 g/mol. The fourth-order valence-corrected chi connectivity index (χ4v) is 7.51. The smallest absolute Gasteiger partial charge is 0.219 e. The predicted octanol–water partition coefficient (Wildman–Crippen LogP) is 3.68. The van der Waals surface area contributed by atoms with Gasteiger partial charge in [-0.2, -0.15) is 0 Å². The molecule has 4 saturated carbocycles. The number of thioether (sulfide) groups is 1. The molecule has 4 fully saturated rings. The van der Waals surface area contributed by atoms with Gasteiger partial charge in [-0.15, -0.1) is 10.2 Å². The zero-order valence-electron chi connectivity index (χ0n) is 17.3. The molecule has 0 spiro atoms. The number of rotatable bonds is 8. The number of furan rings is 1. The molecule has 0 saturated heterocycles. The van der Waals surface area contributed by atoms with E-state index in [9.17, 15) is 9.59 Å². The number of aromatic nitrogens is 3. The number of nitrogens with zero attached hydrogens (tertiary/aromatic N) is 3. The van der Waals surface area contributed by atoms with E-state index >= 15 is 0 Å². The fraction of sp³-hybridized carbons (Fsp3) is 0.636. The molecule has 1 atom stereocenters. The van der Waals surface area contributed by atoms with E-state index in [4.69, 9.17) is 10.2 Å². The molecule has 0 aromatic carbocycles. The average Bonchev–Trinajstić information content (AvgIpc) is 3.34. The minimum Gasteiger partial charge on any atom is -0.461 e. The molecule has 2 heterocycles. The first-order valence-electron chi connectivity index (χ1n) is 10.9. The molecule has 2 N–H and O–H groups in total. The Bertz CT molecular complexity index is 916. The molecule has 0 unspecified atom stereocenters. The Morgan fingerprint density at radius 2 is 1.90 bits per heavy atom. The van der Waals surface area contributed by atoms with Gasteiger partial charge in [0, 0.05) is 18.4 Å². The molecule has 6 rings (SSSR count). The van der Waals surface area contributed by atoms with Crippen molar-refractivity contribution < 1.29 is 14.0 Å². The molecule has 8 heteroatoms. The number of primary amides is 1. The zero-order valence-corrected chi connectivity index (χ0v) is 18.1. The minimum absolute atomic E-state index is 0.136. The Balaban J connectivity index is 1.37. The third-order valence-electron chi connectivity index (χ3n) is 7.25. The number of hydrogen-bond acceptors (Lipinski definition) is 6. The van der Waals surface area contributed by atoms with Crippen LogP contribution in [0.4, 0.5) is 0 Å². The summed E-state index contributed by atoms with van der Waals surface area (Å²) in [6.45, 7) is 2.35. The summed E-state index contributed by atoms with van der Waals surface area (Å²) >= 11 is 1.44. The van der Waals surface area contributed by atoms with Gasteiger partial charge in [0.25, 0.3) is 0 Å². The van der Waals surface area contributed by atoms with E-state index in [1.165, 1.54) is 31.0 Å². The number of amides is 1. The van der Waals surface area contributed by atoms with Crippen LogP contribution in [-0.4, -0.2) is 31.7 Å². The van der Waals surface area contributed by atoms with E-state index in [2.05, 4.69) is 10.2 Å². The van der Waals surface area contributed by atoms with Crippen LogP contribution in [0.1, 0.15) is 51.9 Å². The van der Waals surface area contributed by atoms with Crippen molar-refractivity contribution in [2.45, 2.75) is 68.8 Å². The van der Waals surface area contributed by atoms with Crippen LogP contribution in [0.5, 0.6) is 0 Å². The Labute approximate surface area is 180 Å². The predicted molar refractivity (Wildman–Crippen MR) is 112 cm³/mol.